The highest BCUT2D eigenvalue weighted by molar-refractivity contribution is 8.15. The Balaban J connectivity index is 1.34. The Kier molecular flexibility index (Phi) is 6.14. The Bertz CT molecular complexity index is 913. The van der Waals surface area contributed by atoms with E-state index in [2.05, 4.69) is 20.5 Å². The number of fused-ring (bicyclic) bond motifs is 1. The minimum absolute atomic E-state index is 0.00512. The Hall–Kier alpha value is -1.62. The fraction of sp³-hybridized carbons (Fsp3) is 0.579. The Labute approximate surface area is 175 Å². The number of amidine groups is 1. The van der Waals surface area contributed by atoms with Crippen LogP contribution >= 0.6 is 11.8 Å². The second-order valence-corrected chi connectivity index (χ2v) is 11.0. The van der Waals surface area contributed by atoms with Gasteiger partial charge in [0.1, 0.15) is 0 Å². The number of morpholine rings is 1. The lowest BCUT2D eigenvalue weighted by atomic mass is 10.1. The minimum Gasteiger partial charge on any atom is -0.379 e. The highest BCUT2D eigenvalue weighted by atomic mass is 32.2. The first-order chi connectivity index (χ1) is 13.9. The number of ether oxygens (including phenoxy) is 1. The van der Waals surface area contributed by atoms with E-state index in [0.717, 1.165) is 49.3 Å². The summed E-state index contributed by atoms with van der Waals surface area (Å²) in [4.78, 5) is 19.3. The molecule has 0 saturated carbocycles. The van der Waals surface area contributed by atoms with Gasteiger partial charge in [0.15, 0.2) is 15.0 Å². The number of amides is 1. The molecular weight excluding hydrogens is 412 g/mol. The van der Waals surface area contributed by atoms with Crippen molar-refractivity contribution in [3.63, 3.8) is 0 Å². The van der Waals surface area contributed by atoms with E-state index in [1.165, 1.54) is 11.8 Å². The number of hydrogen-bond acceptors (Lipinski definition) is 8. The number of anilines is 1. The number of hydrogen-bond donors (Lipinski definition) is 2. The molecule has 0 aliphatic carbocycles. The van der Waals surface area contributed by atoms with Crippen LogP contribution in [0, 0.1) is 6.92 Å². The van der Waals surface area contributed by atoms with Crippen LogP contribution in [-0.4, -0.2) is 86.6 Å². The van der Waals surface area contributed by atoms with Gasteiger partial charge in [0.05, 0.1) is 30.8 Å². The first-order valence-corrected chi connectivity index (χ1v) is 12.5. The van der Waals surface area contributed by atoms with E-state index in [9.17, 15) is 13.2 Å². The van der Waals surface area contributed by atoms with Gasteiger partial charge in [-0.05, 0) is 24.6 Å². The fourth-order valence-corrected chi connectivity index (χ4v) is 7.35. The molecule has 1 aromatic rings. The lowest BCUT2D eigenvalue weighted by Crippen LogP contribution is -2.41. The van der Waals surface area contributed by atoms with E-state index in [-0.39, 0.29) is 28.7 Å². The first kappa shape index (κ1) is 20.6. The minimum atomic E-state index is -2.96. The fourth-order valence-electron chi connectivity index (χ4n) is 3.68. The summed E-state index contributed by atoms with van der Waals surface area (Å²) in [5.41, 5.74) is 2.41. The van der Waals surface area contributed by atoms with Crippen molar-refractivity contribution in [1.82, 2.24) is 10.2 Å². The van der Waals surface area contributed by atoms with Gasteiger partial charge >= 0.3 is 0 Å². The molecule has 0 aromatic heterocycles. The van der Waals surface area contributed by atoms with Crippen LogP contribution < -0.4 is 10.6 Å². The molecule has 1 aromatic carbocycles. The normalized spacial score (nSPS) is 26.0. The summed E-state index contributed by atoms with van der Waals surface area (Å²) in [5.74, 6) is 0.201. The van der Waals surface area contributed by atoms with Gasteiger partial charge in [0, 0.05) is 42.7 Å². The van der Waals surface area contributed by atoms with Crippen molar-refractivity contribution in [2.24, 2.45) is 4.99 Å². The van der Waals surface area contributed by atoms with Gasteiger partial charge in [0.25, 0.3) is 5.91 Å². The van der Waals surface area contributed by atoms with Crippen molar-refractivity contribution in [2.45, 2.75) is 18.2 Å². The zero-order chi connectivity index (χ0) is 20.4. The van der Waals surface area contributed by atoms with E-state index in [1.807, 2.05) is 25.1 Å². The summed E-state index contributed by atoms with van der Waals surface area (Å²) in [5, 5.41) is 6.98. The van der Waals surface area contributed by atoms with Crippen LogP contribution in [0.15, 0.2) is 23.2 Å². The predicted octanol–water partition coefficient (Wildman–Crippen LogP) is 0.737. The van der Waals surface area contributed by atoms with E-state index in [0.29, 0.717) is 12.1 Å². The smallest absolute Gasteiger partial charge is 0.251 e. The van der Waals surface area contributed by atoms with Gasteiger partial charge < -0.3 is 15.4 Å². The summed E-state index contributed by atoms with van der Waals surface area (Å²) in [6, 6.07) is 5.38. The molecule has 10 heteroatoms. The molecule has 3 heterocycles. The Morgan fingerprint density at radius 1 is 1.31 bits per heavy atom. The number of nitrogens with one attached hydrogen (secondary N) is 2. The zero-order valence-electron chi connectivity index (χ0n) is 16.4. The van der Waals surface area contributed by atoms with Gasteiger partial charge in [-0.3, -0.25) is 14.7 Å². The molecule has 0 bridgehead atoms. The third kappa shape index (κ3) is 5.11. The lowest BCUT2D eigenvalue weighted by Gasteiger charge is -2.26. The largest absolute Gasteiger partial charge is 0.379 e. The molecule has 158 valence electrons. The third-order valence-corrected chi connectivity index (χ3v) is 8.52. The van der Waals surface area contributed by atoms with Crippen molar-refractivity contribution in [3.05, 3.63) is 29.3 Å². The lowest BCUT2D eigenvalue weighted by molar-refractivity contribution is 0.0383. The summed E-state index contributed by atoms with van der Waals surface area (Å²) < 4.78 is 28.8. The molecule has 3 aliphatic heterocycles. The highest BCUT2D eigenvalue weighted by Crippen LogP contribution is 2.35. The predicted molar refractivity (Wildman–Crippen MR) is 116 cm³/mol. The number of aryl methyl sites for hydroxylation is 1. The van der Waals surface area contributed by atoms with Crippen molar-refractivity contribution >= 4 is 38.4 Å². The molecule has 2 saturated heterocycles. The average molecular weight is 439 g/mol. The Morgan fingerprint density at radius 3 is 2.86 bits per heavy atom. The van der Waals surface area contributed by atoms with Crippen LogP contribution in [0.1, 0.15) is 15.9 Å². The van der Waals surface area contributed by atoms with Crippen molar-refractivity contribution < 1.29 is 17.9 Å². The molecule has 8 nitrogen and oxygen atoms in total. The van der Waals surface area contributed by atoms with Crippen LogP contribution in [0.25, 0.3) is 0 Å². The van der Waals surface area contributed by atoms with E-state index in [4.69, 9.17) is 4.74 Å². The Morgan fingerprint density at radius 2 is 2.10 bits per heavy atom. The summed E-state index contributed by atoms with van der Waals surface area (Å²) in [6.45, 7) is 6.66. The molecule has 2 atom stereocenters. The van der Waals surface area contributed by atoms with E-state index >= 15 is 0 Å². The zero-order valence-corrected chi connectivity index (χ0v) is 18.0. The summed E-state index contributed by atoms with van der Waals surface area (Å²) in [6.07, 6.45) is 0. The molecule has 1 amide bonds. The number of sulfone groups is 1. The van der Waals surface area contributed by atoms with E-state index in [1.54, 1.807) is 0 Å². The van der Waals surface area contributed by atoms with Crippen LogP contribution in [0.4, 0.5) is 5.69 Å². The molecule has 3 aliphatic rings. The van der Waals surface area contributed by atoms with Crippen molar-refractivity contribution in [3.8, 4) is 0 Å². The summed E-state index contributed by atoms with van der Waals surface area (Å²) in [7, 11) is -2.96. The van der Waals surface area contributed by atoms with E-state index < -0.39 is 9.84 Å². The summed E-state index contributed by atoms with van der Waals surface area (Å²) >= 11 is 1.47. The second-order valence-electron chi connectivity index (χ2n) is 7.60. The first-order valence-electron chi connectivity index (χ1n) is 9.80. The van der Waals surface area contributed by atoms with Crippen LogP contribution in [-0.2, 0) is 14.6 Å². The number of thioether (sulfide) groups is 1. The monoisotopic (exact) mass is 438 g/mol. The van der Waals surface area contributed by atoms with Crippen molar-refractivity contribution in [1.29, 1.82) is 0 Å². The topological polar surface area (TPSA) is 100 Å². The number of aliphatic imine (C=N–C) groups is 1. The molecule has 29 heavy (non-hydrogen) atoms. The molecule has 0 spiro atoms. The molecule has 2 N–H and O–H groups in total. The number of carbonyl (C=O) groups excluding carboxylic acids is 1. The van der Waals surface area contributed by atoms with Crippen molar-refractivity contribution in [2.75, 3.05) is 56.2 Å². The molecule has 4 rings (SSSR count). The third-order valence-electron chi connectivity index (χ3n) is 5.38. The maximum absolute atomic E-state index is 12.5. The standard InChI is InChI=1S/C19H26N4O4S2/c1-13-2-3-14(18(24)20-4-5-23-6-8-27-9-7-23)10-15(13)21-19-22-16-11-29(25,26)12-17(16)28-19/h2-3,10,16-17H,4-9,11-12H2,1H3,(H,20,24)(H,21,22). The number of carbonyl (C=O) groups is 1. The molecular formula is C19H26N4O4S2. The highest BCUT2D eigenvalue weighted by Gasteiger charge is 2.42. The quantitative estimate of drug-likeness (QED) is 0.699. The van der Waals surface area contributed by atoms with Gasteiger partial charge in [-0.1, -0.05) is 17.8 Å². The molecule has 0 radical (unpaired) electrons. The molecule has 2 unspecified atom stereocenters. The number of nitrogens with zero attached hydrogens (tertiary/aromatic N) is 2. The second kappa shape index (κ2) is 8.63. The maximum Gasteiger partial charge on any atom is 0.251 e. The molecule has 2 fully saturated rings. The van der Waals surface area contributed by atoms with Gasteiger partial charge in [-0.25, -0.2) is 8.42 Å². The maximum atomic E-state index is 12.5. The van der Waals surface area contributed by atoms with Gasteiger partial charge in [0.2, 0.25) is 0 Å². The van der Waals surface area contributed by atoms with Crippen LogP contribution in [0.5, 0.6) is 0 Å². The SMILES string of the molecule is Cc1ccc(C(=O)NCCN2CCOCC2)cc1NC1=NC2CS(=O)(=O)CC2S1. The van der Waals surface area contributed by atoms with Crippen LogP contribution in [0.3, 0.4) is 0 Å². The number of benzene rings is 1. The van der Waals surface area contributed by atoms with Gasteiger partial charge in [-0.2, -0.15) is 0 Å². The average Bonchev–Trinajstić information content (AvgIpc) is 3.16. The number of rotatable bonds is 5. The van der Waals surface area contributed by atoms with Gasteiger partial charge in [-0.15, -0.1) is 0 Å². The van der Waals surface area contributed by atoms with Crippen LogP contribution in [0.2, 0.25) is 0 Å².